The topological polar surface area (TPSA) is 23.5 Å². The largest absolute Gasteiger partial charge is 0.394 e. The zero-order valence-corrected chi connectivity index (χ0v) is 7.09. The molecule has 0 heterocycles. The first-order valence-electron chi connectivity index (χ1n) is 3.96. The molecular weight excluding hydrogens is 126 g/mol. The van der Waals surface area contributed by atoms with Crippen LogP contribution in [-0.2, 0) is 0 Å². The van der Waals surface area contributed by atoms with Crippen molar-refractivity contribution in [2.24, 2.45) is 0 Å². The van der Waals surface area contributed by atoms with Crippen LogP contribution in [0, 0.1) is 0 Å². The van der Waals surface area contributed by atoms with Gasteiger partial charge >= 0.3 is 0 Å². The van der Waals surface area contributed by atoms with E-state index in [0.29, 0.717) is 12.6 Å². The zero-order valence-electron chi connectivity index (χ0n) is 7.09. The van der Waals surface area contributed by atoms with Gasteiger partial charge in [0.05, 0.1) is 6.61 Å². The Kier molecular flexibility index (Phi) is 2.02. The van der Waals surface area contributed by atoms with E-state index in [-0.39, 0.29) is 5.54 Å². The summed E-state index contributed by atoms with van der Waals surface area (Å²) in [5.74, 6) is 0. The second kappa shape index (κ2) is 2.51. The Morgan fingerprint density at radius 3 is 2.10 bits per heavy atom. The minimum atomic E-state index is 0.161. The highest BCUT2D eigenvalue weighted by Crippen LogP contribution is 2.41. The lowest BCUT2D eigenvalue weighted by molar-refractivity contribution is 0.104. The molecule has 0 amide bonds. The van der Waals surface area contributed by atoms with Crippen molar-refractivity contribution in [3.05, 3.63) is 0 Å². The summed E-state index contributed by atoms with van der Waals surface area (Å²) < 4.78 is 0. The van der Waals surface area contributed by atoms with Gasteiger partial charge in [-0.1, -0.05) is 0 Å². The van der Waals surface area contributed by atoms with Gasteiger partial charge < -0.3 is 5.11 Å². The minimum absolute atomic E-state index is 0.161. The lowest BCUT2D eigenvalue weighted by atomic mass is 10.2. The van der Waals surface area contributed by atoms with Crippen molar-refractivity contribution in [1.82, 2.24) is 4.90 Å². The standard InChI is InChI=1S/C8H17NO/c1-7(2)9(3)8(6-10)4-5-8/h7,10H,4-6H2,1-3H3. The van der Waals surface area contributed by atoms with Crippen LogP contribution < -0.4 is 0 Å². The van der Waals surface area contributed by atoms with E-state index in [1.54, 1.807) is 0 Å². The molecule has 0 aromatic rings. The van der Waals surface area contributed by atoms with Crippen molar-refractivity contribution in [2.45, 2.75) is 38.3 Å². The van der Waals surface area contributed by atoms with Crippen molar-refractivity contribution in [2.75, 3.05) is 13.7 Å². The van der Waals surface area contributed by atoms with Crippen molar-refractivity contribution in [3.8, 4) is 0 Å². The average Bonchev–Trinajstić information content (AvgIpc) is 2.66. The third kappa shape index (κ3) is 1.18. The summed E-state index contributed by atoms with van der Waals surface area (Å²) in [4.78, 5) is 2.27. The van der Waals surface area contributed by atoms with E-state index in [1.165, 1.54) is 0 Å². The molecule has 0 aromatic carbocycles. The minimum Gasteiger partial charge on any atom is -0.394 e. The SMILES string of the molecule is CC(C)N(C)C1(CO)CC1. The molecule has 60 valence electrons. The van der Waals surface area contributed by atoms with Gasteiger partial charge in [-0.15, -0.1) is 0 Å². The van der Waals surface area contributed by atoms with Gasteiger partial charge in [0.15, 0.2) is 0 Å². The van der Waals surface area contributed by atoms with Gasteiger partial charge in [0.1, 0.15) is 0 Å². The van der Waals surface area contributed by atoms with Gasteiger partial charge in [0.2, 0.25) is 0 Å². The van der Waals surface area contributed by atoms with Crippen LogP contribution in [0.25, 0.3) is 0 Å². The van der Waals surface area contributed by atoms with Crippen LogP contribution >= 0.6 is 0 Å². The molecule has 1 rings (SSSR count). The fourth-order valence-corrected chi connectivity index (χ4v) is 1.31. The molecule has 10 heavy (non-hydrogen) atoms. The molecule has 0 spiro atoms. The van der Waals surface area contributed by atoms with Crippen LogP contribution in [0.3, 0.4) is 0 Å². The molecule has 0 atom stereocenters. The summed E-state index contributed by atoms with van der Waals surface area (Å²) in [6.45, 7) is 4.65. The van der Waals surface area contributed by atoms with Crippen molar-refractivity contribution < 1.29 is 5.11 Å². The molecule has 2 nitrogen and oxygen atoms in total. The smallest absolute Gasteiger partial charge is 0.0615 e. The summed E-state index contributed by atoms with van der Waals surface area (Å²) in [6.07, 6.45) is 2.33. The van der Waals surface area contributed by atoms with Gasteiger partial charge in [-0.2, -0.15) is 0 Å². The third-order valence-electron chi connectivity index (χ3n) is 2.64. The lowest BCUT2D eigenvalue weighted by Gasteiger charge is -2.29. The molecule has 0 unspecified atom stereocenters. The van der Waals surface area contributed by atoms with Gasteiger partial charge in [-0.3, -0.25) is 4.90 Å². The second-order valence-corrected chi connectivity index (χ2v) is 3.59. The normalized spacial score (nSPS) is 22.2. The molecule has 2 heteroatoms. The quantitative estimate of drug-likeness (QED) is 0.633. The van der Waals surface area contributed by atoms with Gasteiger partial charge in [-0.05, 0) is 33.7 Å². The van der Waals surface area contributed by atoms with E-state index in [9.17, 15) is 0 Å². The molecule has 0 bridgehead atoms. The molecule has 0 aliphatic heterocycles. The zero-order chi connectivity index (χ0) is 7.78. The Labute approximate surface area is 62.8 Å². The van der Waals surface area contributed by atoms with E-state index >= 15 is 0 Å². The van der Waals surface area contributed by atoms with Crippen LogP contribution in [0.5, 0.6) is 0 Å². The van der Waals surface area contributed by atoms with Crippen LogP contribution in [0.15, 0.2) is 0 Å². The summed E-state index contributed by atoms with van der Waals surface area (Å²) >= 11 is 0. The highest BCUT2D eigenvalue weighted by Gasteiger charge is 2.46. The second-order valence-electron chi connectivity index (χ2n) is 3.59. The maximum absolute atomic E-state index is 9.03. The fraction of sp³-hybridized carbons (Fsp3) is 1.00. The van der Waals surface area contributed by atoms with Gasteiger partial charge in [0.25, 0.3) is 0 Å². The Hall–Kier alpha value is -0.0800. The number of rotatable bonds is 3. The van der Waals surface area contributed by atoms with E-state index in [0.717, 1.165) is 12.8 Å². The number of aliphatic hydroxyl groups excluding tert-OH is 1. The molecule has 1 fully saturated rings. The summed E-state index contributed by atoms with van der Waals surface area (Å²) in [6, 6.07) is 0.551. The first-order valence-corrected chi connectivity index (χ1v) is 3.96. The number of nitrogens with zero attached hydrogens (tertiary/aromatic N) is 1. The number of likely N-dealkylation sites (N-methyl/N-ethyl adjacent to an activating group) is 1. The van der Waals surface area contributed by atoms with E-state index < -0.39 is 0 Å². The summed E-state index contributed by atoms with van der Waals surface area (Å²) in [5, 5.41) is 9.03. The Bertz CT molecular complexity index is 118. The molecule has 0 saturated heterocycles. The Balaban J connectivity index is 2.47. The predicted octanol–water partition coefficient (Wildman–Crippen LogP) is 0.851. The van der Waals surface area contributed by atoms with Crippen LogP contribution in [0.1, 0.15) is 26.7 Å². The first-order chi connectivity index (χ1) is 4.62. The highest BCUT2D eigenvalue weighted by molar-refractivity contribution is 5.03. The summed E-state index contributed by atoms with van der Waals surface area (Å²) in [5.41, 5.74) is 0.161. The maximum Gasteiger partial charge on any atom is 0.0615 e. The third-order valence-corrected chi connectivity index (χ3v) is 2.64. The lowest BCUT2D eigenvalue weighted by Crippen LogP contribution is -2.41. The first kappa shape index (κ1) is 8.02. The van der Waals surface area contributed by atoms with Crippen LogP contribution in [0.2, 0.25) is 0 Å². The molecule has 1 N–H and O–H groups in total. The highest BCUT2D eigenvalue weighted by atomic mass is 16.3. The van der Waals surface area contributed by atoms with Crippen LogP contribution in [0.4, 0.5) is 0 Å². The Morgan fingerprint density at radius 2 is 2.00 bits per heavy atom. The molecule has 0 radical (unpaired) electrons. The molecule has 1 aliphatic carbocycles. The fourth-order valence-electron chi connectivity index (χ4n) is 1.31. The van der Waals surface area contributed by atoms with E-state index in [1.807, 2.05) is 0 Å². The molecule has 1 aliphatic rings. The molecule has 0 aromatic heterocycles. The van der Waals surface area contributed by atoms with E-state index in [4.69, 9.17) is 5.11 Å². The van der Waals surface area contributed by atoms with Crippen molar-refractivity contribution in [3.63, 3.8) is 0 Å². The van der Waals surface area contributed by atoms with Gasteiger partial charge in [0, 0.05) is 11.6 Å². The number of aliphatic hydroxyl groups is 1. The van der Waals surface area contributed by atoms with Crippen molar-refractivity contribution >= 4 is 0 Å². The number of hydrogen-bond acceptors (Lipinski definition) is 2. The average molecular weight is 143 g/mol. The number of hydrogen-bond donors (Lipinski definition) is 1. The van der Waals surface area contributed by atoms with Crippen molar-refractivity contribution in [1.29, 1.82) is 0 Å². The van der Waals surface area contributed by atoms with Gasteiger partial charge in [-0.25, -0.2) is 0 Å². The predicted molar refractivity (Wildman–Crippen MR) is 41.9 cm³/mol. The summed E-state index contributed by atoms with van der Waals surface area (Å²) in [7, 11) is 2.09. The van der Waals surface area contributed by atoms with E-state index in [2.05, 4.69) is 25.8 Å². The molecular formula is C8H17NO. The maximum atomic E-state index is 9.03. The monoisotopic (exact) mass is 143 g/mol. The molecule has 1 saturated carbocycles. The van der Waals surface area contributed by atoms with Crippen LogP contribution in [-0.4, -0.2) is 35.2 Å². The Morgan fingerprint density at radius 1 is 1.50 bits per heavy atom.